The molecule has 7 heteroatoms. The van der Waals surface area contributed by atoms with Gasteiger partial charge in [-0.3, -0.25) is 9.59 Å². The maximum Gasteiger partial charge on any atom is 0.255 e. The third kappa shape index (κ3) is 3.72. The molecule has 1 heterocycles. The monoisotopic (exact) mass is 360 g/mol. The summed E-state index contributed by atoms with van der Waals surface area (Å²) in [7, 11) is 1.46. The van der Waals surface area contributed by atoms with E-state index in [1.54, 1.807) is 17.0 Å². The van der Waals surface area contributed by atoms with Crippen molar-refractivity contribution in [3.63, 3.8) is 0 Å². The van der Waals surface area contributed by atoms with Crippen molar-refractivity contribution in [2.24, 2.45) is 0 Å². The SMILES string of the molecule is COCC(=O)N1CCCc2ccc(NC(=O)c3ccc(F)c(F)c3)cc21. The molecule has 0 unspecified atom stereocenters. The van der Waals surface area contributed by atoms with Crippen molar-refractivity contribution in [2.75, 3.05) is 30.5 Å². The van der Waals surface area contributed by atoms with Gasteiger partial charge in [-0.05, 0) is 48.7 Å². The van der Waals surface area contributed by atoms with Crippen LogP contribution < -0.4 is 10.2 Å². The van der Waals surface area contributed by atoms with Gasteiger partial charge in [-0.25, -0.2) is 8.78 Å². The van der Waals surface area contributed by atoms with Gasteiger partial charge in [0.2, 0.25) is 0 Å². The van der Waals surface area contributed by atoms with Crippen molar-refractivity contribution in [1.82, 2.24) is 0 Å². The average Bonchev–Trinajstić information content (AvgIpc) is 2.63. The van der Waals surface area contributed by atoms with Gasteiger partial charge in [0.05, 0.1) is 0 Å². The molecule has 26 heavy (non-hydrogen) atoms. The molecule has 0 aromatic heterocycles. The van der Waals surface area contributed by atoms with E-state index in [-0.39, 0.29) is 18.1 Å². The molecule has 2 amide bonds. The van der Waals surface area contributed by atoms with Crippen molar-refractivity contribution in [1.29, 1.82) is 0 Å². The van der Waals surface area contributed by atoms with Gasteiger partial charge in [-0.2, -0.15) is 0 Å². The number of amides is 2. The van der Waals surface area contributed by atoms with Gasteiger partial charge in [0.1, 0.15) is 6.61 Å². The molecule has 1 N–H and O–H groups in total. The van der Waals surface area contributed by atoms with E-state index in [1.807, 2.05) is 6.07 Å². The Morgan fingerprint density at radius 2 is 1.96 bits per heavy atom. The first kappa shape index (κ1) is 18.0. The van der Waals surface area contributed by atoms with Crippen LogP contribution in [0.4, 0.5) is 20.2 Å². The molecule has 0 saturated heterocycles. The number of methoxy groups -OCH3 is 1. The van der Waals surface area contributed by atoms with E-state index >= 15 is 0 Å². The number of carbonyl (C=O) groups is 2. The third-order valence-electron chi connectivity index (χ3n) is 4.21. The number of nitrogens with zero attached hydrogens (tertiary/aromatic N) is 1. The number of nitrogens with one attached hydrogen (secondary N) is 1. The van der Waals surface area contributed by atoms with Crippen LogP contribution >= 0.6 is 0 Å². The third-order valence-corrected chi connectivity index (χ3v) is 4.21. The van der Waals surface area contributed by atoms with Crippen molar-refractivity contribution >= 4 is 23.2 Å². The van der Waals surface area contributed by atoms with Crippen molar-refractivity contribution in [3.8, 4) is 0 Å². The van der Waals surface area contributed by atoms with Crippen LogP contribution in [-0.2, 0) is 16.0 Å². The summed E-state index contributed by atoms with van der Waals surface area (Å²) >= 11 is 0. The fourth-order valence-electron chi connectivity index (χ4n) is 2.95. The van der Waals surface area contributed by atoms with Gasteiger partial charge in [0, 0.05) is 30.6 Å². The second-order valence-electron chi connectivity index (χ2n) is 6.01. The lowest BCUT2D eigenvalue weighted by molar-refractivity contribution is -0.122. The van der Waals surface area contributed by atoms with Crippen LogP contribution in [0, 0.1) is 11.6 Å². The number of aryl methyl sites for hydroxylation is 1. The highest BCUT2D eigenvalue weighted by molar-refractivity contribution is 6.05. The standard InChI is InChI=1S/C19H18F2N2O3/c1-26-11-18(24)23-8-2-3-12-4-6-14(10-17(12)23)22-19(25)13-5-7-15(20)16(21)9-13/h4-7,9-10H,2-3,8,11H2,1H3,(H,22,25). The minimum Gasteiger partial charge on any atom is -0.375 e. The smallest absolute Gasteiger partial charge is 0.255 e. The number of anilines is 2. The molecule has 2 aromatic carbocycles. The van der Waals surface area contributed by atoms with Crippen molar-refractivity contribution in [3.05, 3.63) is 59.2 Å². The summed E-state index contributed by atoms with van der Waals surface area (Å²) < 4.78 is 31.2. The number of hydrogen-bond acceptors (Lipinski definition) is 3. The fraction of sp³-hybridized carbons (Fsp3) is 0.263. The largest absolute Gasteiger partial charge is 0.375 e. The Balaban J connectivity index is 1.83. The summed E-state index contributed by atoms with van der Waals surface area (Å²) in [6.45, 7) is 0.556. The lowest BCUT2D eigenvalue weighted by Gasteiger charge is -2.29. The molecule has 136 valence electrons. The highest BCUT2D eigenvalue weighted by atomic mass is 19.2. The first-order chi connectivity index (χ1) is 12.5. The van der Waals surface area contributed by atoms with Gasteiger partial charge >= 0.3 is 0 Å². The van der Waals surface area contributed by atoms with E-state index in [1.165, 1.54) is 13.2 Å². The first-order valence-electron chi connectivity index (χ1n) is 8.18. The zero-order chi connectivity index (χ0) is 18.7. The summed E-state index contributed by atoms with van der Waals surface area (Å²) in [4.78, 5) is 26.1. The zero-order valence-corrected chi connectivity index (χ0v) is 14.2. The average molecular weight is 360 g/mol. The molecule has 3 rings (SSSR count). The predicted octanol–water partition coefficient (Wildman–Crippen LogP) is 3.14. The van der Waals surface area contributed by atoms with Crippen molar-refractivity contribution < 1.29 is 23.1 Å². The minimum absolute atomic E-state index is 0.00827. The van der Waals surface area contributed by atoms with E-state index < -0.39 is 17.5 Å². The highest BCUT2D eigenvalue weighted by Crippen LogP contribution is 2.30. The predicted molar refractivity (Wildman–Crippen MR) is 93.3 cm³/mol. The fourth-order valence-corrected chi connectivity index (χ4v) is 2.95. The van der Waals surface area contributed by atoms with E-state index in [9.17, 15) is 18.4 Å². The Morgan fingerprint density at radius 3 is 2.69 bits per heavy atom. The van der Waals surface area contributed by atoms with Gasteiger partial charge in [0.15, 0.2) is 11.6 Å². The summed E-state index contributed by atoms with van der Waals surface area (Å²) in [6.07, 6.45) is 1.69. The van der Waals surface area contributed by atoms with E-state index in [0.29, 0.717) is 12.2 Å². The quantitative estimate of drug-likeness (QED) is 0.911. The highest BCUT2D eigenvalue weighted by Gasteiger charge is 2.23. The van der Waals surface area contributed by atoms with Gasteiger partial charge in [0.25, 0.3) is 11.8 Å². The van der Waals surface area contributed by atoms with Gasteiger partial charge in [-0.1, -0.05) is 6.07 Å². The van der Waals surface area contributed by atoms with Crippen LogP contribution in [0.5, 0.6) is 0 Å². The molecule has 0 radical (unpaired) electrons. The molecule has 0 fully saturated rings. The van der Waals surface area contributed by atoms with Crippen LogP contribution in [0.2, 0.25) is 0 Å². The normalized spacial score (nSPS) is 13.3. The molecule has 0 aliphatic carbocycles. The van der Waals surface area contributed by atoms with E-state index in [0.717, 1.165) is 36.2 Å². The lowest BCUT2D eigenvalue weighted by atomic mass is 10.0. The summed E-state index contributed by atoms with van der Waals surface area (Å²) in [5, 5.41) is 2.65. The van der Waals surface area contributed by atoms with Crippen LogP contribution in [0.3, 0.4) is 0 Å². The molecule has 0 spiro atoms. The van der Waals surface area contributed by atoms with Crippen LogP contribution in [0.1, 0.15) is 22.3 Å². The molecule has 5 nitrogen and oxygen atoms in total. The number of ether oxygens (including phenoxy) is 1. The van der Waals surface area contributed by atoms with Crippen LogP contribution in [-0.4, -0.2) is 32.1 Å². The minimum atomic E-state index is -1.08. The summed E-state index contributed by atoms with van der Waals surface area (Å²) in [5.41, 5.74) is 2.21. The first-order valence-corrected chi connectivity index (χ1v) is 8.18. The molecule has 1 aliphatic rings. The summed E-state index contributed by atoms with van der Waals surface area (Å²) in [5.74, 6) is -2.81. The molecular formula is C19H18F2N2O3. The van der Waals surface area contributed by atoms with E-state index in [4.69, 9.17) is 4.74 Å². The molecule has 2 aromatic rings. The second kappa shape index (κ2) is 7.61. The van der Waals surface area contributed by atoms with E-state index in [2.05, 4.69) is 5.32 Å². The van der Waals surface area contributed by atoms with Crippen LogP contribution in [0.25, 0.3) is 0 Å². The Kier molecular flexibility index (Phi) is 5.27. The number of rotatable bonds is 4. The summed E-state index contributed by atoms with van der Waals surface area (Å²) in [6, 6.07) is 8.24. The lowest BCUT2D eigenvalue weighted by Crippen LogP contribution is -2.37. The van der Waals surface area contributed by atoms with Crippen LogP contribution in [0.15, 0.2) is 36.4 Å². The molecule has 0 bridgehead atoms. The second-order valence-corrected chi connectivity index (χ2v) is 6.01. The Hall–Kier alpha value is -2.80. The Bertz CT molecular complexity index is 855. The number of benzene rings is 2. The van der Waals surface area contributed by atoms with Gasteiger partial charge in [-0.15, -0.1) is 0 Å². The number of carbonyl (C=O) groups excluding carboxylic acids is 2. The maximum absolute atomic E-state index is 13.3. The molecular weight excluding hydrogens is 342 g/mol. The molecule has 0 saturated carbocycles. The Labute approximate surface area is 149 Å². The van der Waals surface area contributed by atoms with Crippen molar-refractivity contribution in [2.45, 2.75) is 12.8 Å². The maximum atomic E-state index is 13.3. The number of halogens is 2. The molecule has 1 aliphatic heterocycles. The Morgan fingerprint density at radius 1 is 1.15 bits per heavy atom. The topological polar surface area (TPSA) is 58.6 Å². The number of fused-ring (bicyclic) bond motifs is 1. The van der Waals surface area contributed by atoms with Gasteiger partial charge < -0.3 is 15.0 Å². The number of hydrogen-bond donors (Lipinski definition) is 1. The molecule has 0 atom stereocenters. The zero-order valence-electron chi connectivity index (χ0n) is 14.2.